The molecule has 0 aliphatic carbocycles. The molecule has 3 heteroatoms. The number of rotatable bonds is 6. The second-order valence-electron chi connectivity index (χ2n) is 7.01. The van der Waals surface area contributed by atoms with Crippen molar-refractivity contribution in [2.24, 2.45) is 0 Å². The summed E-state index contributed by atoms with van der Waals surface area (Å²) in [7, 11) is 0. The second kappa shape index (κ2) is 8.54. The maximum atomic E-state index is 10.2. The van der Waals surface area contributed by atoms with E-state index in [1.165, 1.54) is 54.8 Å². The summed E-state index contributed by atoms with van der Waals surface area (Å²) in [5.41, 5.74) is 2.63. The van der Waals surface area contributed by atoms with Crippen molar-refractivity contribution < 1.29 is 14.7 Å². The van der Waals surface area contributed by atoms with Gasteiger partial charge in [0.25, 0.3) is 0 Å². The zero-order valence-electron chi connectivity index (χ0n) is 14.4. The molecule has 0 spiro atoms. The molecular formula is C19H32NO2+. The lowest BCUT2D eigenvalue weighted by atomic mass is 9.98. The quantitative estimate of drug-likeness (QED) is 0.846. The molecule has 22 heavy (non-hydrogen) atoms. The Morgan fingerprint density at radius 1 is 1.14 bits per heavy atom. The minimum absolute atomic E-state index is 0.377. The summed E-state index contributed by atoms with van der Waals surface area (Å²) >= 11 is 0. The normalized spacial score (nSPS) is 18.2. The predicted octanol–water partition coefficient (Wildman–Crippen LogP) is 2.32. The summed E-state index contributed by atoms with van der Waals surface area (Å²) in [6.07, 6.45) is 4.89. The van der Waals surface area contributed by atoms with Gasteiger partial charge in [-0.1, -0.05) is 19.9 Å². The SMILES string of the molecule is Cc1cc(OC[C@H](O)C[NH+]2CCCCCC2)ccc1C(C)C. The van der Waals surface area contributed by atoms with Crippen LogP contribution in [0.4, 0.5) is 0 Å². The lowest BCUT2D eigenvalue weighted by molar-refractivity contribution is -0.902. The van der Waals surface area contributed by atoms with E-state index in [4.69, 9.17) is 4.74 Å². The lowest BCUT2D eigenvalue weighted by Gasteiger charge is -2.21. The summed E-state index contributed by atoms with van der Waals surface area (Å²) < 4.78 is 5.79. The fourth-order valence-corrected chi connectivity index (χ4v) is 3.40. The number of aryl methyl sites for hydroxylation is 1. The second-order valence-corrected chi connectivity index (χ2v) is 7.01. The van der Waals surface area contributed by atoms with Crippen molar-refractivity contribution in [3.05, 3.63) is 29.3 Å². The van der Waals surface area contributed by atoms with Gasteiger partial charge in [0, 0.05) is 0 Å². The Bertz CT molecular complexity index is 451. The zero-order chi connectivity index (χ0) is 15.9. The molecule has 1 aliphatic rings. The molecule has 1 heterocycles. The number of hydrogen-bond donors (Lipinski definition) is 2. The monoisotopic (exact) mass is 306 g/mol. The molecule has 124 valence electrons. The van der Waals surface area contributed by atoms with Gasteiger partial charge in [-0.15, -0.1) is 0 Å². The van der Waals surface area contributed by atoms with E-state index in [1.54, 1.807) is 0 Å². The first-order valence-corrected chi connectivity index (χ1v) is 8.81. The molecule has 1 fully saturated rings. The van der Waals surface area contributed by atoms with E-state index in [2.05, 4.69) is 32.9 Å². The van der Waals surface area contributed by atoms with Crippen LogP contribution in [0, 0.1) is 6.92 Å². The van der Waals surface area contributed by atoms with E-state index in [9.17, 15) is 5.11 Å². The molecule has 2 rings (SSSR count). The maximum Gasteiger partial charge on any atom is 0.137 e. The van der Waals surface area contributed by atoms with E-state index < -0.39 is 0 Å². The number of nitrogens with one attached hydrogen (secondary N) is 1. The van der Waals surface area contributed by atoms with Crippen molar-refractivity contribution in [3.8, 4) is 5.75 Å². The van der Waals surface area contributed by atoms with Crippen LogP contribution >= 0.6 is 0 Å². The van der Waals surface area contributed by atoms with Crippen molar-refractivity contribution >= 4 is 0 Å². The van der Waals surface area contributed by atoms with Crippen LogP contribution in [-0.2, 0) is 0 Å². The van der Waals surface area contributed by atoms with Gasteiger partial charge in [-0.25, -0.2) is 0 Å². The van der Waals surface area contributed by atoms with Crippen LogP contribution in [0.25, 0.3) is 0 Å². The first-order valence-electron chi connectivity index (χ1n) is 8.81. The number of aliphatic hydroxyl groups is 1. The summed E-state index contributed by atoms with van der Waals surface area (Å²) in [4.78, 5) is 1.53. The van der Waals surface area contributed by atoms with E-state index in [1.807, 2.05) is 6.07 Å². The minimum atomic E-state index is -0.377. The average molecular weight is 306 g/mol. The number of hydrogen-bond acceptors (Lipinski definition) is 2. The van der Waals surface area contributed by atoms with Crippen molar-refractivity contribution in [1.29, 1.82) is 0 Å². The Hall–Kier alpha value is -1.06. The lowest BCUT2D eigenvalue weighted by Crippen LogP contribution is -3.13. The fourth-order valence-electron chi connectivity index (χ4n) is 3.40. The van der Waals surface area contributed by atoms with Gasteiger partial charge in [-0.05, 0) is 61.8 Å². The van der Waals surface area contributed by atoms with Crippen LogP contribution in [0.2, 0.25) is 0 Å². The van der Waals surface area contributed by atoms with Crippen LogP contribution in [0.1, 0.15) is 56.6 Å². The predicted molar refractivity (Wildman–Crippen MR) is 90.8 cm³/mol. The van der Waals surface area contributed by atoms with Crippen LogP contribution in [0.5, 0.6) is 5.75 Å². The van der Waals surface area contributed by atoms with Gasteiger partial charge in [0.1, 0.15) is 25.0 Å². The van der Waals surface area contributed by atoms with Gasteiger partial charge in [0.15, 0.2) is 0 Å². The molecule has 0 radical (unpaired) electrons. The van der Waals surface area contributed by atoms with Crippen molar-refractivity contribution in [3.63, 3.8) is 0 Å². The molecule has 1 aromatic carbocycles. The van der Waals surface area contributed by atoms with Crippen LogP contribution in [0.15, 0.2) is 18.2 Å². The number of likely N-dealkylation sites (tertiary alicyclic amines) is 1. The molecule has 0 unspecified atom stereocenters. The highest BCUT2D eigenvalue weighted by Gasteiger charge is 2.17. The topological polar surface area (TPSA) is 33.9 Å². The molecule has 1 aromatic rings. The first-order chi connectivity index (χ1) is 10.6. The van der Waals surface area contributed by atoms with Gasteiger partial charge in [-0.2, -0.15) is 0 Å². The van der Waals surface area contributed by atoms with Crippen molar-refractivity contribution in [2.75, 3.05) is 26.2 Å². The first kappa shape index (κ1) is 17.3. The van der Waals surface area contributed by atoms with E-state index in [0.717, 1.165) is 12.3 Å². The largest absolute Gasteiger partial charge is 0.491 e. The summed E-state index contributed by atoms with van der Waals surface area (Å²) in [5, 5.41) is 10.2. The molecule has 0 amide bonds. The highest BCUT2D eigenvalue weighted by Crippen LogP contribution is 2.23. The van der Waals surface area contributed by atoms with Gasteiger partial charge in [0.05, 0.1) is 13.1 Å². The van der Waals surface area contributed by atoms with Gasteiger partial charge < -0.3 is 14.7 Å². The highest BCUT2D eigenvalue weighted by molar-refractivity contribution is 5.36. The van der Waals surface area contributed by atoms with Crippen LogP contribution in [-0.4, -0.2) is 37.5 Å². The Kier molecular flexibility index (Phi) is 6.71. The molecule has 1 saturated heterocycles. The third kappa shape index (κ3) is 5.29. The third-order valence-electron chi connectivity index (χ3n) is 4.64. The fraction of sp³-hybridized carbons (Fsp3) is 0.684. The molecule has 2 N–H and O–H groups in total. The van der Waals surface area contributed by atoms with Crippen LogP contribution < -0.4 is 9.64 Å². The maximum absolute atomic E-state index is 10.2. The van der Waals surface area contributed by atoms with Gasteiger partial charge in [-0.3, -0.25) is 0 Å². The summed E-state index contributed by atoms with van der Waals surface area (Å²) in [6.45, 7) is 10.1. The standard InChI is InChI=1S/C19H31NO2/c1-15(2)19-9-8-18(12-16(19)3)22-14-17(21)13-20-10-6-4-5-7-11-20/h8-9,12,15,17,21H,4-7,10-11,13-14H2,1-3H3/p+1/t17-/m1/s1. The highest BCUT2D eigenvalue weighted by atomic mass is 16.5. The van der Waals surface area contributed by atoms with E-state index in [-0.39, 0.29) is 6.10 Å². The number of benzene rings is 1. The molecule has 3 nitrogen and oxygen atoms in total. The molecule has 0 bridgehead atoms. The van der Waals surface area contributed by atoms with Gasteiger partial charge in [0.2, 0.25) is 0 Å². The summed E-state index contributed by atoms with van der Waals surface area (Å²) in [6, 6.07) is 6.25. The molecule has 1 atom stereocenters. The minimum Gasteiger partial charge on any atom is -0.491 e. The van der Waals surface area contributed by atoms with Gasteiger partial charge >= 0.3 is 0 Å². The Balaban J connectivity index is 1.80. The summed E-state index contributed by atoms with van der Waals surface area (Å²) in [5.74, 6) is 1.40. The zero-order valence-corrected chi connectivity index (χ0v) is 14.4. The molecule has 1 aliphatic heterocycles. The Labute approximate surface area is 135 Å². The molecular weight excluding hydrogens is 274 g/mol. The number of aliphatic hydroxyl groups excluding tert-OH is 1. The molecule has 0 saturated carbocycles. The Morgan fingerprint density at radius 3 is 2.41 bits per heavy atom. The molecule has 0 aromatic heterocycles. The smallest absolute Gasteiger partial charge is 0.137 e. The number of quaternary nitrogens is 1. The van der Waals surface area contributed by atoms with Crippen LogP contribution in [0.3, 0.4) is 0 Å². The third-order valence-corrected chi connectivity index (χ3v) is 4.64. The number of ether oxygens (including phenoxy) is 1. The average Bonchev–Trinajstić information content (AvgIpc) is 2.73. The van der Waals surface area contributed by atoms with Crippen molar-refractivity contribution in [1.82, 2.24) is 0 Å². The Morgan fingerprint density at radius 2 is 1.82 bits per heavy atom. The van der Waals surface area contributed by atoms with Crippen molar-refractivity contribution in [2.45, 2.75) is 58.5 Å². The van der Waals surface area contributed by atoms with E-state index in [0.29, 0.717) is 12.5 Å². The van der Waals surface area contributed by atoms with E-state index >= 15 is 0 Å².